The van der Waals surface area contributed by atoms with Gasteiger partial charge in [0.15, 0.2) is 0 Å². The van der Waals surface area contributed by atoms with Gasteiger partial charge in [0.05, 0.1) is 22.7 Å². The second-order valence-corrected chi connectivity index (χ2v) is 7.82. The molecule has 6 heteroatoms. The number of aliphatic carboxylic acids is 1. The molecule has 0 aliphatic rings. The minimum Gasteiger partial charge on any atom is -0.481 e. The Kier molecular flexibility index (Phi) is 7.73. The van der Waals surface area contributed by atoms with Crippen molar-refractivity contribution in [2.45, 2.75) is 45.1 Å². The Morgan fingerprint density at radius 3 is 2.10 bits per heavy atom. The van der Waals surface area contributed by atoms with E-state index in [2.05, 4.69) is 9.55 Å². The van der Waals surface area contributed by atoms with Gasteiger partial charge >= 0.3 is 5.97 Å². The molecule has 3 rings (SSSR count). The van der Waals surface area contributed by atoms with Gasteiger partial charge in [0.25, 0.3) is 0 Å². The molecule has 0 radical (unpaired) electrons. The molecule has 0 spiro atoms. The maximum atomic E-state index is 10.6. The summed E-state index contributed by atoms with van der Waals surface area (Å²) in [4.78, 5) is 15.3. The fraction of sp³-hybridized carbons (Fsp3) is 0.304. The third-order valence-corrected chi connectivity index (χ3v) is 5.54. The summed E-state index contributed by atoms with van der Waals surface area (Å²) in [7, 11) is 0. The van der Waals surface area contributed by atoms with Gasteiger partial charge in [-0.25, -0.2) is 4.98 Å². The molecule has 0 saturated carbocycles. The van der Waals surface area contributed by atoms with Gasteiger partial charge in [0.2, 0.25) is 0 Å². The van der Waals surface area contributed by atoms with Crippen LogP contribution < -0.4 is 0 Å². The first-order chi connectivity index (χ1) is 14.1. The van der Waals surface area contributed by atoms with Crippen LogP contribution >= 0.6 is 23.2 Å². The SMILES string of the molecule is O=C(O)CCCCCCCn1cnc(-c2ccccc2Cl)c1-c1ccccc1Cl. The first-order valence-electron chi connectivity index (χ1n) is 9.84. The second-order valence-electron chi connectivity index (χ2n) is 7.01. The van der Waals surface area contributed by atoms with E-state index in [1.54, 1.807) is 0 Å². The van der Waals surface area contributed by atoms with E-state index in [1.807, 2.05) is 54.9 Å². The van der Waals surface area contributed by atoms with Crippen molar-refractivity contribution in [2.75, 3.05) is 0 Å². The van der Waals surface area contributed by atoms with Crippen molar-refractivity contribution < 1.29 is 9.90 Å². The maximum Gasteiger partial charge on any atom is 0.303 e. The van der Waals surface area contributed by atoms with Crippen molar-refractivity contribution in [2.24, 2.45) is 0 Å². The average Bonchev–Trinajstić information content (AvgIpc) is 3.11. The molecule has 0 aliphatic carbocycles. The number of nitrogens with zero attached hydrogens (tertiary/aromatic N) is 2. The minimum atomic E-state index is -0.722. The second kappa shape index (κ2) is 10.5. The van der Waals surface area contributed by atoms with Gasteiger partial charge in [-0.3, -0.25) is 4.79 Å². The monoisotopic (exact) mass is 430 g/mol. The third kappa shape index (κ3) is 5.62. The number of hydrogen-bond acceptors (Lipinski definition) is 2. The van der Waals surface area contributed by atoms with Crippen molar-refractivity contribution in [1.82, 2.24) is 9.55 Å². The number of carbonyl (C=O) groups is 1. The number of carboxylic acid groups (broad SMARTS) is 1. The summed E-state index contributed by atoms with van der Waals surface area (Å²) in [5, 5.41) is 10.0. The van der Waals surface area contributed by atoms with Crippen molar-refractivity contribution in [3.8, 4) is 22.5 Å². The summed E-state index contributed by atoms with van der Waals surface area (Å²) >= 11 is 12.9. The Balaban J connectivity index is 1.78. The van der Waals surface area contributed by atoms with E-state index < -0.39 is 5.97 Å². The zero-order valence-corrected chi connectivity index (χ0v) is 17.7. The number of imidazole rings is 1. The quantitative estimate of drug-likeness (QED) is 0.354. The van der Waals surface area contributed by atoms with Crippen molar-refractivity contribution in [3.63, 3.8) is 0 Å². The highest BCUT2D eigenvalue weighted by molar-refractivity contribution is 6.34. The standard InChI is InChI=1S/C23H24Cl2N2O2/c24-19-12-7-5-10-17(19)22-23(18-11-6-8-13-20(18)25)27(16-26-22)15-9-3-1-2-4-14-21(28)29/h5-8,10-13,16H,1-4,9,14-15H2,(H,28,29). The number of benzene rings is 2. The van der Waals surface area contributed by atoms with E-state index in [9.17, 15) is 4.79 Å². The lowest BCUT2D eigenvalue weighted by Crippen LogP contribution is -2.00. The third-order valence-electron chi connectivity index (χ3n) is 4.89. The average molecular weight is 431 g/mol. The smallest absolute Gasteiger partial charge is 0.303 e. The number of unbranched alkanes of at least 4 members (excludes halogenated alkanes) is 4. The van der Waals surface area contributed by atoms with Crippen LogP contribution in [0.1, 0.15) is 38.5 Å². The summed E-state index contributed by atoms with van der Waals surface area (Å²) in [5.74, 6) is -0.722. The predicted octanol–water partition coefficient (Wildman–Crippen LogP) is 6.95. The van der Waals surface area contributed by atoms with Crippen molar-refractivity contribution in [1.29, 1.82) is 0 Å². The van der Waals surface area contributed by atoms with Crippen LogP contribution in [-0.4, -0.2) is 20.6 Å². The lowest BCUT2D eigenvalue weighted by molar-refractivity contribution is -0.137. The first-order valence-corrected chi connectivity index (χ1v) is 10.6. The Labute approximate surface area is 181 Å². The van der Waals surface area contributed by atoms with E-state index in [-0.39, 0.29) is 6.42 Å². The molecule has 4 nitrogen and oxygen atoms in total. The molecule has 0 bridgehead atoms. The van der Waals surface area contributed by atoms with E-state index in [0.717, 1.165) is 61.2 Å². The highest BCUT2D eigenvalue weighted by Gasteiger charge is 2.18. The molecule has 0 unspecified atom stereocenters. The fourth-order valence-electron chi connectivity index (χ4n) is 3.43. The van der Waals surface area contributed by atoms with Crippen LogP contribution in [0.4, 0.5) is 0 Å². The molecule has 2 aromatic carbocycles. The summed E-state index contributed by atoms with van der Waals surface area (Å²) in [5.41, 5.74) is 3.61. The Bertz CT molecular complexity index is 969. The van der Waals surface area contributed by atoms with Crippen molar-refractivity contribution >= 4 is 29.2 Å². The van der Waals surface area contributed by atoms with E-state index in [4.69, 9.17) is 28.3 Å². The van der Waals surface area contributed by atoms with Gasteiger partial charge < -0.3 is 9.67 Å². The molecular weight excluding hydrogens is 407 g/mol. The van der Waals surface area contributed by atoms with Crippen LogP contribution in [0.5, 0.6) is 0 Å². The highest BCUT2D eigenvalue weighted by atomic mass is 35.5. The highest BCUT2D eigenvalue weighted by Crippen LogP contribution is 2.38. The number of carboxylic acids is 1. The molecule has 3 aromatic rings. The molecule has 0 fully saturated rings. The molecule has 0 saturated heterocycles. The number of hydrogen-bond donors (Lipinski definition) is 1. The van der Waals surface area contributed by atoms with Gasteiger partial charge in [-0.1, -0.05) is 78.9 Å². The number of aryl methyl sites for hydroxylation is 1. The molecule has 29 heavy (non-hydrogen) atoms. The van der Waals surface area contributed by atoms with Crippen LogP contribution in [0.3, 0.4) is 0 Å². The number of halogens is 2. The summed E-state index contributed by atoms with van der Waals surface area (Å²) in [6, 6.07) is 15.5. The van der Waals surface area contributed by atoms with Gasteiger partial charge in [0.1, 0.15) is 0 Å². The lowest BCUT2D eigenvalue weighted by Gasteiger charge is -2.13. The number of aromatic nitrogens is 2. The Hall–Kier alpha value is -2.30. The molecule has 1 aromatic heterocycles. The first kappa shape index (κ1) is 21.4. The van der Waals surface area contributed by atoms with E-state index in [0.29, 0.717) is 10.0 Å². The maximum absolute atomic E-state index is 10.6. The zero-order valence-electron chi connectivity index (χ0n) is 16.2. The zero-order chi connectivity index (χ0) is 20.6. The van der Waals surface area contributed by atoms with Crippen LogP contribution in [0.15, 0.2) is 54.9 Å². The van der Waals surface area contributed by atoms with E-state index in [1.165, 1.54) is 0 Å². The largest absolute Gasteiger partial charge is 0.481 e. The molecule has 1 heterocycles. The van der Waals surface area contributed by atoms with Crippen molar-refractivity contribution in [3.05, 3.63) is 64.9 Å². The summed E-state index contributed by atoms with van der Waals surface area (Å²) in [6.45, 7) is 0.816. The molecule has 0 aliphatic heterocycles. The fourth-order valence-corrected chi connectivity index (χ4v) is 3.88. The molecule has 1 N–H and O–H groups in total. The molecular formula is C23H24Cl2N2O2. The van der Waals surface area contributed by atoms with Crippen LogP contribution in [0, 0.1) is 0 Å². The van der Waals surface area contributed by atoms with Crippen LogP contribution in [0.25, 0.3) is 22.5 Å². The van der Waals surface area contributed by atoms with Gasteiger partial charge in [-0.05, 0) is 25.0 Å². The van der Waals surface area contributed by atoms with Crippen LogP contribution in [0.2, 0.25) is 10.0 Å². The molecule has 0 atom stereocenters. The lowest BCUT2D eigenvalue weighted by atomic mass is 10.0. The summed E-state index contributed by atoms with van der Waals surface area (Å²) < 4.78 is 2.14. The Morgan fingerprint density at radius 1 is 0.862 bits per heavy atom. The topological polar surface area (TPSA) is 55.1 Å². The number of rotatable bonds is 10. The predicted molar refractivity (Wildman–Crippen MR) is 118 cm³/mol. The minimum absolute atomic E-state index is 0.249. The van der Waals surface area contributed by atoms with E-state index >= 15 is 0 Å². The summed E-state index contributed by atoms with van der Waals surface area (Å²) in [6.07, 6.45) is 6.84. The van der Waals surface area contributed by atoms with Gasteiger partial charge in [0, 0.05) is 29.1 Å². The van der Waals surface area contributed by atoms with Gasteiger partial charge in [-0.2, -0.15) is 0 Å². The Morgan fingerprint density at radius 2 is 1.45 bits per heavy atom. The normalized spacial score (nSPS) is 11.0. The van der Waals surface area contributed by atoms with Gasteiger partial charge in [-0.15, -0.1) is 0 Å². The van der Waals surface area contributed by atoms with Crippen LogP contribution in [-0.2, 0) is 11.3 Å². The molecule has 0 amide bonds. The molecule has 152 valence electrons.